The van der Waals surface area contributed by atoms with Gasteiger partial charge in [0.25, 0.3) is 0 Å². The zero-order valence-electron chi connectivity index (χ0n) is 11.6. The molecule has 1 unspecified atom stereocenters. The molecule has 0 aliphatic carbocycles. The van der Waals surface area contributed by atoms with E-state index in [1.165, 1.54) is 15.6 Å². The lowest BCUT2D eigenvalue weighted by atomic mass is 10.3. The van der Waals surface area contributed by atoms with Gasteiger partial charge in [0.05, 0.1) is 10.8 Å². The SMILES string of the molecule is CCC(CSC)N(C)S(=O)(=O)c1cc(CCl)sc1C. The van der Waals surface area contributed by atoms with E-state index < -0.39 is 10.0 Å². The second-order valence-electron chi connectivity index (χ2n) is 4.31. The molecule has 0 aliphatic rings. The van der Waals surface area contributed by atoms with Crippen LogP contribution in [0.4, 0.5) is 0 Å². The van der Waals surface area contributed by atoms with Crippen LogP contribution < -0.4 is 0 Å². The fourth-order valence-electron chi connectivity index (χ4n) is 1.87. The van der Waals surface area contributed by atoms with E-state index >= 15 is 0 Å². The lowest BCUT2D eigenvalue weighted by Crippen LogP contribution is -2.38. The minimum atomic E-state index is -3.42. The standard InChI is InChI=1S/C12H20ClNO2S3/c1-5-10(8-17-4)14(3)19(15,16)12-6-11(7-13)18-9(12)2/h6,10H,5,7-8H2,1-4H3. The lowest BCUT2D eigenvalue weighted by molar-refractivity contribution is 0.385. The molecule has 0 aliphatic heterocycles. The highest BCUT2D eigenvalue weighted by Gasteiger charge is 2.29. The fourth-order valence-corrected chi connectivity index (χ4v) is 5.93. The molecule has 0 bridgehead atoms. The molecule has 0 fully saturated rings. The summed E-state index contributed by atoms with van der Waals surface area (Å²) in [6, 6.07) is 1.73. The van der Waals surface area contributed by atoms with Crippen LogP contribution in [-0.2, 0) is 15.9 Å². The first-order valence-corrected chi connectivity index (χ1v) is 10.2. The number of rotatable bonds is 7. The molecule has 19 heavy (non-hydrogen) atoms. The average molecular weight is 342 g/mol. The Balaban J connectivity index is 3.11. The summed E-state index contributed by atoms with van der Waals surface area (Å²) in [6.07, 6.45) is 2.80. The van der Waals surface area contributed by atoms with Gasteiger partial charge in [-0.25, -0.2) is 8.42 Å². The highest BCUT2D eigenvalue weighted by atomic mass is 35.5. The number of nitrogens with zero attached hydrogens (tertiary/aromatic N) is 1. The van der Waals surface area contributed by atoms with Gasteiger partial charge in [-0.1, -0.05) is 6.92 Å². The van der Waals surface area contributed by atoms with Crippen LogP contribution in [0.5, 0.6) is 0 Å². The van der Waals surface area contributed by atoms with Gasteiger partial charge in [-0.2, -0.15) is 16.1 Å². The van der Waals surface area contributed by atoms with Crippen LogP contribution in [0.15, 0.2) is 11.0 Å². The summed E-state index contributed by atoms with van der Waals surface area (Å²) in [6.45, 7) is 3.84. The Morgan fingerprint density at radius 3 is 2.58 bits per heavy atom. The third-order valence-corrected chi connectivity index (χ3v) is 7.44. The number of thiophene rings is 1. The van der Waals surface area contributed by atoms with E-state index in [9.17, 15) is 8.42 Å². The van der Waals surface area contributed by atoms with Gasteiger partial charge in [0.1, 0.15) is 0 Å². The third kappa shape index (κ3) is 3.88. The van der Waals surface area contributed by atoms with Crippen LogP contribution in [0.2, 0.25) is 0 Å². The highest BCUT2D eigenvalue weighted by Crippen LogP contribution is 2.30. The molecule has 0 spiro atoms. The van der Waals surface area contributed by atoms with Crippen molar-refractivity contribution in [3.8, 4) is 0 Å². The second-order valence-corrected chi connectivity index (χ2v) is 8.79. The molecule has 1 heterocycles. The van der Waals surface area contributed by atoms with Crippen molar-refractivity contribution in [1.29, 1.82) is 0 Å². The molecule has 3 nitrogen and oxygen atoms in total. The van der Waals surface area contributed by atoms with Crippen LogP contribution in [0.3, 0.4) is 0 Å². The summed E-state index contributed by atoms with van der Waals surface area (Å²) in [5.41, 5.74) is 0. The molecule has 0 radical (unpaired) electrons. The van der Waals surface area contributed by atoms with Gasteiger partial charge in [0, 0.05) is 28.6 Å². The molecule has 1 atom stereocenters. The van der Waals surface area contributed by atoms with Crippen LogP contribution in [-0.4, -0.2) is 37.8 Å². The summed E-state index contributed by atoms with van der Waals surface area (Å²) in [4.78, 5) is 2.10. The van der Waals surface area contributed by atoms with Gasteiger partial charge < -0.3 is 0 Å². The summed E-state index contributed by atoms with van der Waals surface area (Å²) in [5, 5.41) is 0. The summed E-state index contributed by atoms with van der Waals surface area (Å²) < 4.78 is 26.8. The van der Waals surface area contributed by atoms with Crippen molar-refractivity contribution in [1.82, 2.24) is 4.31 Å². The molecule has 1 aromatic rings. The first kappa shape index (κ1) is 17.3. The molecular weight excluding hydrogens is 322 g/mol. The van der Waals surface area contributed by atoms with E-state index in [0.29, 0.717) is 10.8 Å². The molecule has 0 saturated heterocycles. The number of hydrogen-bond donors (Lipinski definition) is 0. The van der Waals surface area contributed by atoms with Crippen LogP contribution >= 0.6 is 34.7 Å². The molecule has 1 aromatic heterocycles. The first-order valence-electron chi connectivity index (χ1n) is 6.00. The quantitative estimate of drug-likeness (QED) is 0.712. The van der Waals surface area contributed by atoms with Crippen molar-refractivity contribution < 1.29 is 8.42 Å². The molecule has 110 valence electrons. The van der Waals surface area contributed by atoms with Gasteiger partial charge >= 0.3 is 0 Å². The Hall–Kier alpha value is 0.250. The predicted octanol–water partition coefficient (Wildman–Crippen LogP) is 3.56. The van der Waals surface area contributed by atoms with E-state index in [1.807, 2.05) is 20.1 Å². The topological polar surface area (TPSA) is 37.4 Å². The van der Waals surface area contributed by atoms with E-state index in [4.69, 9.17) is 11.6 Å². The van der Waals surface area contributed by atoms with Gasteiger partial charge in [0.2, 0.25) is 10.0 Å². The van der Waals surface area contributed by atoms with Gasteiger partial charge in [-0.15, -0.1) is 22.9 Å². The van der Waals surface area contributed by atoms with E-state index in [-0.39, 0.29) is 6.04 Å². The van der Waals surface area contributed by atoms with Gasteiger partial charge in [-0.3, -0.25) is 0 Å². The molecule has 0 saturated carbocycles. The van der Waals surface area contributed by atoms with Crippen molar-refractivity contribution in [2.45, 2.75) is 37.1 Å². The Kier molecular flexibility index (Phi) is 6.66. The molecule has 7 heteroatoms. The van der Waals surface area contributed by atoms with E-state index in [1.54, 1.807) is 24.9 Å². The maximum Gasteiger partial charge on any atom is 0.244 e. The smallest absolute Gasteiger partial charge is 0.207 e. The molecule has 0 N–H and O–H groups in total. The number of alkyl halides is 1. The van der Waals surface area contributed by atoms with Crippen molar-refractivity contribution >= 4 is 44.7 Å². The van der Waals surface area contributed by atoms with Gasteiger partial charge in [0.15, 0.2) is 0 Å². The van der Waals surface area contributed by atoms with E-state index in [2.05, 4.69) is 0 Å². The maximum absolute atomic E-state index is 12.6. The Morgan fingerprint density at radius 2 is 2.16 bits per heavy atom. The number of aryl methyl sites for hydroxylation is 1. The van der Waals surface area contributed by atoms with Crippen molar-refractivity contribution in [3.05, 3.63) is 15.8 Å². The molecule has 0 amide bonds. The first-order chi connectivity index (χ1) is 8.88. The zero-order valence-corrected chi connectivity index (χ0v) is 14.8. The largest absolute Gasteiger partial charge is 0.244 e. The fraction of sp³-hybridized carbons (Fsp3) is 0.667. The highest BCUT2D eigenvalue weighted by molar-refractivity contribution is 7.98. The molecule has 1 rings (SSSR count). The predicted molar refractivity (Wildman–Crippen MR) is 86.0 cm³/mol. The summed E-state index contributed by atoms with van der Waals surface area (Å²) in [7, 11) is -1.76. The third-order valence-electron chi connectivity index (χ3n) is 3.06. The van der Waals surface area contributed by atoms with Crippen molar-refractivity contribution in [2.24, 2.45) is 0 Å². The average Bonchev–Trinajstić information content (AvgIpc) is 2.77. The number of halogens is 1. The molecular formula is C12H20ClNO2S3. The monoisotopic (exact) mass is 341 g/mol. The maximum atomic E-state index is 12.6. The second kappa shape index (κ2) is 7.31. The number of thioether (sulfide) groups is 1. The van der Waals surface area contributed by atoms with E-state index in [0.717, 1.165) is 21.9 Å². The lowest BCUT2D eigenvalue weighted by Gasteiger charge is -2.25. The molecule has 0 aromatic carbocycles. The number of hydrogen-bond acceptors (Lipinski definition) is 4. The minimum Gasteiger partial charge on any atom is -0.207 e. The zero-order chi connectivity index (χ0) is 14.6. The minimum absolute atomic E-state index is 0.0266. The summed E-state index contributed by atoms with van der Waals surface area (Å²) in [5.74, 6) is 1.16. The van der Waals surface area contributed by atoms with Crippen molar-refractivity contribution in [2.75, 3.05) is 19.1 Å². The summed E-state index contributed by atoms with van der Waals surface area (Å²) >= 11 is 8.89. The Labute approximate surface area is 129 Å². The Bertz CT molecular complexity index is 513. The van der Waals surface area contributed by atoms with Crippen LogP contribution in [0.1, 0.15) is 23.1 Å². The van der Waals surface area contributed by atoms with Gasteiger partial charge in [-0.05, 0) is 25.7 Å². The van der Waals surface area contributed by atoms with Crippen molar-refractivity contribution in [3.63, 3.8) is 0 Å². The van der Waals surface area contributed by atoms with Crippen LogP contribution in [0, 0.1) is 6.92 Å². The number of sulfonamides is 1. The normalized spacial score (nSPS) is 14.0. The van der Waals surface area contributed by atoms with Crippen LogP contribution in [0.25, 0.3) is 0 Å². The Morgan fingerprint density at radius 1 is 1.53 bits per heavy atom.